The summed E-state index contributed by atoms with van der Waals surface area (Å²) in [7, 11) is 0. The summed E-state index contributed by atoms with van der Waals surface area (Å²) in [6.07, 6.45) is 0. The number of hydrogen-bond acceptors (Lipinski definition) is 3. The molecule has 1 aliphatic rings. The Kier molecular flexibility index (Phi) is 7.50. The highest BCUT2D eigenvalue weighted by Crippen LogP contribution is 2.38. The van der Waals surface area contributed by atoms with Crippen LogP contribution in [-0.4, -0.2) is 42.8 Å². The molecule has 1 aliphatic heterocycles. The second-order valence-electron chi connectivity index (χ2n) is 7.24. The third kappa shape index (κ3) is 4.68. The van der Waals surface area contributed by atoms with Crippen molar-refractivity contribution in [2.24, 2.45) is 0 Å². The third-order valence-corrected chi connectivity index (χ3v) is 6.59. The first kappa shape index (κ1) is 22.7. The molecule has 5 nitrogen and oxygen atoms in total. The van der Waals surface area contributed by atoms with Crippen LogP contribution in [0.5, 0.6) is 0 Å². The van der Waals surface area contributed by atoms with Crippen LogP contribution in [0.15, 0.2) is 63.0 Å². The Morgan fingerprint density at radius 3 is 2.03 bits per heavy atom. The molecule has 1 amide bonds. The van der Waals surface area contributed by atoms with E-state index in [4.69, 9.17) is 0 Å². The van der Waals surface area contributed by atoms with Crippen molar-refractivity contribution >= 4 is 49.3 Å². The summed E-state index contributed by atoms with van der Waals surface area (Å²) in [5.74, 6) is -1.70. The fourth-order valence-corrected chi connectivity index (χ4v) is 4.26. The van der Waals surface area contributed by atoms with Crippen molar-refractivity contribution in [2.45, 2.75) is 19.9 Å². The number of carbonyl (C=O) groups is 2. The average molecular weight is 536 g/mol. The Morgan fingerprint density at radius 2 is 1.50 bits per heavy atom. The second kappa shape index (κ2) is 9.90. The highest BCUT2D eigenvalue weighted by Gasteiger charge is 2.44. The summed E-state index contributed by atoms with van der Waals surface area (Å²) in [5, 5.41) is 13.3. The standard InChI is InChI=1S/C23H24Br2N2O3/c1-3-26(4-2)13-14-27-20(15-5-9-17(24)10-6-15)19(22(29)23(27)30)21(28)16-7-11-18(25)12-8-16/h5-12,20,28H,3-4,13-14H2,1-2H3. The number of likely N-dealkylation sites (N-methyl/N-ethyl adjacent to an activating group) is 1. The summed E-state index contributed by atoms with van der Waals surface area (Å²) < 4.78 is 1.73. The molecule has 0 spiro atoms. The van der Waals surface area contributed by atoms with Gasteiger partial charge in [0.05, 0.1) is 32.2 Å². The van der Waals surface area contributed by atoms with E-state index in [-0.39, 0.29) is 5.57 Å². The highest BCUT2D eigenvalue weighted by molar-refractivity contribution is 9.10. The van der Waals surface area contributed by atoms with Crippen LogP contribution in [0.4, 0.5) is 0 Å². The fourth-order valence-electron chi connectivity index (χ4n) is 3.73. The van der Waals surface area contributed by atoms with Gasteiger partial charge in [0.1, 0.15) is 0 Å². The number of quaternary nitrogens is 1. The van der Waals surface area contributed by atoms with Crippen molar-refractivity contribution in [3.63, 3.8) is 0 Å². The molecule has 1 heterocycles. The molecule has 7 heteroatoms. The van der Waals surface area contributed by atoms with Gasteiger partial charge in [0.25, 0.3) is 5.91 Å². The minimum absolute atomic E-state index is 0.0270. The molecule has 30 heavy (non-hydrogen) atoms. The van der Waals surface area contributed by atoms with E-state index in [1.165, 1.54) is 4.90 Å². The van der Waals surface area contributed by atoms with Crippen molar-refractivity contribution in [3.8, 4) is 0 Å². The number of amides is 1. The number of nitrogens with zero attached hydrogens (tertiary/aromatic N) is 1. The van der Waals surface area contributed by atoms with Gasteiger partial charge in [0, 0.05) is 14.5 Å². The molecule has 0 aromatic heterocycles. The molecule has 2 aromatic carbocycles. The number of benzene rings is 2. The first-order chi connectivity index (χ1) is 14.4. The number of carbonyl (C=O) groups excluding carboxylic acids is 2. The fraction of sp³-hybridized carbons (Fsp3) is 0.304. The van der Waals surface area contributed by atoms with Crippen LogP contribution in [0, 0.1) is 0 Å². The summed E-state index contributed by atoms with van der Waals surface area (Å²) in [4.78, 5) is 28.8. The largest absolute Gasteiger partial charge is 0.872 e. The van der Waals surface area contributed by atoms with Gasteiger partial charge in [0.15, 0.2) is 0 Å². The van der Waals surface area contributed by atoms with Gasteiger partial charge in [-0.05, 0) is 49.2 Å². The lowest BCUT2D eigenvalue weighted by Crippen LogP contribution is -3.12. The molecule has 0 aliphatic carbocycles. The topological polar surface area (TPSA) is 64.9 Å². The van der Waals surface area contributed by atoms with Gasteiger partial charge in [-0.25, -0.2) is 0 Å². The summed E-state index contributed by atoms with van der Waals surface area (Å²) >= 11 is 6.78. The van der Waals surface area contributed by atoms with E-state index in [1.54, 1.807) is 29.2 Å². The Morgan fingerprint density at radius 1 is 0.967 bits per heavy atom. The summed E-state index contributed by atoms with van der Waals surface area (Å²) in [5.41, 5.74) is 1.18. The highest BCUT2D eigenvalue weighted by atomic mass is 79.9. The molecule has 0 bridgehead atoms. The molecule has 1 atom stereocenters. The molecule has 0 radical (unpaired) electrons. The maximum Gasteiger partial charge on any atom is 0.295 e. The van der Waals surface area contributed by atoms with Crippen molar-refractivity contribution in [1.29, 1.82) is 0 Å². The Balaban J connectivity index is 2.08. The van der Waals surface area contributed by atoms with Crippen LogP contribution in [0.1, 0.15) is 31.0 Å². The average Bonchev–Trinajstić information content (AvgIpc) is 3.00. The smallest absolute Gasteiger partial charge is 0.295 e. The van der Waals surface area contributed by atoms with E-state index in [9.17, 15) is 14.7 Å². The first-order valence-corrected chi connectivity index (χ1v) is 11.6. The lowest BCUT2D eigenvalue weighted by Gasteiger charge is -2.28. The monoisotopic (exact) mass is 534 g/mol. The lowest BCUT2D eigenvalue weighted by molar-refractivity contribution is -0.895. The van der Waals surface area contributed by atoms with Gasteiger partial charge in [0.2, 0.25) is 5.78 Å². The maximum atomic E-state index is 13.3. The Labute approximate surface area is 193 Å². The molecular formula is C23H24Br2N2O3. The van der Waals surface area contributed by atoms with Crippen molar-refractivity contribution in [3.05, 3.63) is 74.2 Å². The lowest BCUT2D eigenvalue weighted by atomic mass is 9.95. The minimum Gasteiger partial charge on any atom is -0.872 e. The number of Topliss-reactive ketones (excluding diaryl/α,β-unsaturated/α-hetero) is 1. The maximum absolute atomic E-state index is 13.3. The normalized spacial score (nSPS) is 18.4. The number of nitrogens with one attached hydrogen (secondary N) is 1. The predicted molar refractivity (Wildman–Crippen MR) is 122 cm³/mol. The van der Waals surface area contributed by atoms with Crippen LogP contribution >= 0.6 is 31.9 Å². The zero-order valence-corrected chi connectivity index (χ0v) is 20.1. The van der Waals surface area contributed by atoms with Gasteiger partial charge >= 0.3 is 0 Å². The predicted octanol–water partition coefficient (Wildman–Crippen LogP) is 2.36. The molecule has 0 saturated carbocycles. The number of rotatable bonds is 7. The minimum atomic E-state index is -0.703. The SMILES string of the molecule is CC[NH+](CC)CCN1C(=O)C(=O)C(=C([O-])c2ccc(Br)cc2)C1c1ccc(Br)cc1. The van der Waals surface area contributed by atoms with Crippen LogP contribution in [-0.2, 0) is 9.59 Å². The van der Waals surface area contributed by atoms with Crippen LogP contribution in [0.25, 0.3) is 5.76 Å². The van der Waals surface area contributed by atoms with Crippen LogP contribution in [0.3, 0.4) is 0 Å². The van der Waals surface area contributed by atoms with E-state index in [2.05, 4.69) is 45.7 Å². The first-order valence-electron chi connectivity index (χ1n) is 9.98. The van der Waals surface area contributed by atoms with Gasteiger partial charge < -0.3 is 14.9 Å². The molecule has 3 rings (SSSR count). The molecule has 1 saturated heterocycles. The quantitative estimate of drug-likeness (QED) is 0.336. The molecule has 158 valence electrons. The molecular weight excluding hydrogens is 512 g/mol. The second-order valence-corrected chi connectivity index (χ2v) is 9.07. The molecule has 2 aromatic rings. The zero-order valence-electron chi connectivity index (χ0n) is 17.0. The van der Waals surface area contributed by atoms with Crippen LogP contribution in [0.2, 0.25) is 0 Å². The molecule has 1 N–H and O–H groups in total. The van der Waals surface area contributed by atoms with Crippen LogP contribution < -0.4 is 10.0 Å². The Bertz CT molecular complexity index is 951. The summed E-state index contributed by atoms with van der Waals surface area (Å²) in [6, 6.07) is 13.6. The van der Waals surface area contributed by atoms with Crippen molar-refractivity contribution in [1.82, 2.24) is 4.90 Å². The van der Waals surface area contributed by atoms with Gasteiger partial charge in [-0.3, -0.25) is 9.59 Å². The third-order valence-electron chi connectivity index (χ3n) is 5.53. The van der Waals surface area contributed by atoms with Crippen molar-refractivity contribution < 1.29 is 19.6 Å². The van der Waals surface area contributed by atoms with Gasteiger partial charge in [-0.15, -0.1) is 0 Å². The van der Waals surface area contributed by atoms with E-state index >= 15 is 0 Å². The zero-order chi connectivity index (χ0) is 21.8. The number of hydrogen-bond donors (Lipinski definition) is 1. The Hall–Kier alpha value is -1.96. The molecule has 1 unspecified atom stereocenters. The molecule has 1 fully saturated rings. The van der Waals surface area contributed by atoms with E-state index in [0.29, 0.717) is 12.1 Å². The van der Waals surface area contributed by atoms with E-state index < -0.39 is 23.5 Å². The number of ketones is 1. The number of likely N-dealkylation sites (tertiary alicyclic amines) is 1. The van der Waals surface area contributed by atoms with E-state index in [0.717, 1.165) is 34.1 Å². The van der Waals surface area contributed by atoms with Gasteiger partial charge in [-0.2, -0.15) is 0 Å². The van der Waals surface area contributed by atoms with Crippen molar-refractivity contribution in [2.75, 3.05) is 26.2 Å². The number of halogens is 2. The van der Waals surface area contributed by atoms with E-state index in [1.807, 2.05) is 24.3 Å². The van der Waals surface area contributed by atoms with Gasteiger partial charge in [-0.1, -0.05) is 61.9 Å². The summed E-state index contributed by atoms with van der Waals surface area (Å²) in [6.45, 7) is 7.19.